The van der Waals surface area contributed by atoms with E-state index in [2.05, 4.69) is 33.1 Å². The van der Waals surface area contributed by atoms with Crippen molar-refractivity contribution in [1.29, 1.82) is 0 Å². The summed E-state index contributed by atoms with van der Waals surface area (Å²) in [5.74, 6) is 0.695. The summed E-state index contributed by atoms with van der Waals surface area (Å²) in [5, 5.41) is 10.1. The molecule has 1 aliphatic rings. The van der Waals surface area contributed by atoms with Gasteiger partial charge in [-0.1, -0.05) is 29.8 Å². The molecule has 0 aromatic heterocycles. The summed E-state index contributed by atoms with van der Waals surface area (Å²) in [6.07, 6.45) is 6.69. The molecule has 138 valence electrons. The molecule has 0 heterocycles. The normalized spacial score (nSPS) is 14.1. The summed E-state index contributed by atoms with van der Waals surface area (Å²) in [4.78, 5) is 16.6. The van der Waals surface area contributed by atoms with Gasteiger partial charge in [0.05, 0.1) is 6.54 Å². The lowest BCUT2D eigenvalue weighted by molar-refractivity contribution is -0.116. The molecule has 1 aromatic rings. The number of halogens is 2. The lowest BCUT2D eigenvalue weighted by Gasteiger charge is -2.16. The SMILES string of the molecule is CCNC(=NCCC(=O)Nc1cccc(Cl)c1C)NC1CC=CC1.I. The third-order valence-electron chi connectivity index (χ3n) is 3.84. The van der Waals surface area contributed by atoms with Gasteiger partial charge >= 0.3 is 0 Å². The van der Waals surface area contributed by atoms with Gasteiger partial charge < -0.3 is 16.0 Å². The molecule has 0 aliphatic heterocycles. The van der Waals surface area contributed by atoms with Crippen molar-refractivity contribution in [3.8, 4) is 0 Å². The summed E-state index contributed by atoms with van der Waals surface area (Å²) in [7, 11) is 0. The number of carbonyl (C=O) groups is 1. The van der Waals surface area contributed by atoms with E-state index in [-0.39, 0.29) is 29.9 Å². The molecule has 1 aromatic carbocycles. The molecule has 0 atom stereocenters. The second-order valence-corrected chi connectivity index (χ2v) is 6.16. The van der Waals surface area contributed by atoms with E-state index >= 15 is 0 Å². The van der Waals surface area contributed by atoms with Crippen molar-refractivity contribution in [2.45, 2.75) is 39.2 Å². The smallest absolute Gasteiger partial charge is 0.226 e. The zero-order chi connectivity index (χ0) is 17.4. The Labute approximate surface area is 171 Å². The number of hydrogen-bond acceptors (Lipinski definition) is 2. The second kappa shape index (κ2) is 11.4. The quantitative estimate of drug-likeness (QED) is 0.253. The Morgan fingerprint density at radius 1 is 1.32 bits per heavy atom. The van der Waals surface area contributed by atoms with Crippen molar-refractivity contribution in [2.24, 2.45) is 4.99 Å². The van der Waals surface area contributed by atoms with Crippen LogP contribution in [0.5, 0.6) is 0 Å². The zero-order valence-electron chi connectivity index (χ0n) is 14.6. The summed E-state index contributed by atoms with van der Waals surface area (Å²) in [6, 6.07) is 5.88. The number of carbonyl (C=O) groups excluding carboxylic acids is 1. The lowest BCUT2D eigenvalue weighted by atomic mass is 10.2. The number of guanidine groups is 1. The average Bonchev–Trinajstić information content (AvgIpc) is 3.05. The molecule has 1 amide bonds. The highest BCUT2D eigenvalue weighted by molar-refractivity contribution is 14.0. The highest BCUT2D eigenvalue weighted by atomic mass is 127. The first kappa shape index (κ1) is 21.8. The van der Waals surface area contributed by atoms with Crippen LogP contribution in [0.25, 0.3) is 0 Å². The van der Waals surface area contributed by atoms with Gasteiger partial charge in [0.2, 0.25) is 5.91 Å². The predicted octanol–water partition coefficient (Wildman–Crippen LogP) is 3.87. The Morgan fingerprint density at radius 3 is 2.72 bits per heavy atom. The second-order valence-electron chi connectivity index (χ2n) is 5.76. The minimum atomic E-state index is -0.0671. The molecule has 0 saturated heterocycles. The molecule has 0 unspecified atom stereocenters. The van der Waals surface area contributed by atoms with E-state index in [0.717, 1.165) is 36.6 Å². The molecule has 25 heavy (non-hydrogen) atoms. The summed E-state index contributed by atoms with van der Waals surface area (Å²) < 4.78 is 0. The van der Waals surface area contributed by atoms with Crippen LogP contribution in [-0.2, 0) is 4.79 Å². The molecule has 0 fully saturated rings. The molecule has 0 bridgehead atoms. The number of aliphatic imine (C=N–C) groups is 1. The number of nitrogens with one attached hydrogen (secondary N) is 3. The van der Waals surface area contributed by atoms with Crippen molar-refractivity contribution in [2.75, 3.05) is 18.4 Å². The maximum atomic E-state index is 12.1. The minimum absolute atomic E-state index is 0. The van der Waals surface area contributed by atoms with Crippen LogP contribution < -0.4 is 16.0 Å². The van der Waals surface area contributed by atoms with E-state index in [1.807, 2.05) is 32.0 Å². The van der Waals surface area contributed by atoms with Gasteiger partial charge in [-0.3, -0.25) is 9.79 Å². The van der Waals surface area contributed by atoms with Crippen molar-refractivity contribution in [3.63, 3.8) is 0 Å². The molecular weight excluding hydrogens is 451 g/mol. The van der Waals surface area contributed by atoms with E-state index in [1.54, 1.807) is 0 Å². The summed E-state index contributed by atoms with van der Waals surface area (Å²) >= 11 is 6.06. The molecule has 1 aliphatic carbocycles. The van der Waals surface area contributed by atoms with Crippen molar-refractivity contribution in [3.05, 3.63) is 40.9 Å². The third-order valence-corrected chi connectivity index (χ3v) is 4.25. The van der Waals surface area contributed by atoms with Gasteiger partial charge in [-0.15, -0.1) is 24.0 Å². The Balaban J connectivity index is 0.00000312. The number of rotatable bonds is 6. The maximum Gasteiger partial charge on any atom is 0.226 e. The van der Waals surface area contributed by atoms with Crippen molar-refractivity contribution in [1.82, 2.24) is 10.6 Å². The molecule has 2 rings (SSSR count). The van der Waals surface area contributed by atoms with Crippen LogP contribution in [0, 0.1) is 6.92 Å². The van der Waals surface area contributed by atoms with Crippen LogP contribution in [-0.4, -0.2) is 31.0 Å². The molecule has 0 radical (unpaired) electrons. The van der Waals surface area contributed by atoms with Gasteiger partial charge in [-0.25, -0.2) is 0 Å². The highest BCUT2D eigenvalue weighted by Crippen LogP contribution is 2.22. The fourth-order valence-electron chi connectivity index (χ4n) is 2.47. The van der Waals surface area contributed by atoms with E-state index in [4.69, 9.17) is 11.6 Å². The zero-order valence-corrected chi connectivity index (χ0v) is 17.7. The Morgan fingerprint density at radius 2 is 2.04 bits per heavy atom. The monoisotopic (exact) mass is 476 g/mol. The van der Waals surface area contributed by atoms with Gasteiger partial charge in [-0.2, -0.15) is 0 Å². The van der Waals surface area contributed by atoms with E-state index < -0.39 is 0 Å². The fourth-order valence-corrected chi connectivity index (χ4v) is 2.65. The van der Waals surface area contributed by atoms with E-state index in [9.17, 15) is 4.79 Å². The molecule has 7 heteroatoms. The van der Waals surface area contributed by atoms with Crippen LogP contribution in [0.1, 0.15) is 31.7 Å². The van der Waals surface area contributed by atoms with Crippen LogP contribution in [0.15, 0.2) is 35.3 Å². The highest BCUT2D eigenvalue weighted by Gasteiger charge is 2.12. The molecule has 5 nitrogen and oxygen atoms in total. The Hall–Kier alpha value is -1.28. The standard InChI is InChI=1S/C18H25ClN4O.HI/c1-3-20-18(22-14-7-4-5-8-14)21-12-11-17(24)23-16-10-6-9-15(19)13(16)2;/h4-6,9-10,14H,3,7-8,11-12H2,1-2H3,(H,23,24)(H2,20,21,22);1H. The minimum Gasteiger partial charge on any atom is -0.357 e. The lowest BCUT2D eigenvalue weighted by Crippen LogP contribution is -2.42. The van der Waals surface area contributed by atoms with E-state index in [1.165, 1.54) is 0 Å². The third kappa shape index (κ3) is 7.23. The number of hydrogen-bond donors (Lipinski definition) is 3. The van der Waals surface area contributed by atoms with Gasteiger partial charge in [0.15, 0.2) is 5.96 Å². The molecule has 0 saturated carbocycles. The van der Waals surface area contributed by atoms with Gasteiger partial charge in [0, 0.05) is 29.7 Å². The Kier molecular flexibility index (Phi) is 9.89. The molecule has 3 N–H and O–H groups in total. The van der Waals surface area contributed by atoms with Gasteiger partial charge in [0.25, 0.3) is 0 Å². The fraction of sp³-hybridized carbons (Fsp3) is 0.444. The number of anilines is 1. The number of benzene rings is 1. The van der Waals surface area contributed by atoms with Gasteiger partial charge in [-0.05, 0) is 44.4 Å². The van der Waals surface area contributed by atoms with Gasteiger partial charge in [0.1, 0.15) is 0 Å². The number of amides is 1. The molecular formula is C18H26ClIN4O. The topological polar surface area (TPSA) is 65.5 Å². The first-order valence-corrected chi connectivity index (χ1v) is 8.72. The maximum absolute atomic E-state index is 12.1. The van der Waals surface area contributed by atoms with Crippen LogP contribution in [0.4, 0.5) is 5.69 Å². The Bertz CT molecular complexity index is 626. The summed E-state index contributed by atoms with van der Waals surface area (Å²) in [5.41, 5.74) is 1.62. The predicted molar refractivity (Wildman–Crippen MR) is 116 cm³/mol. The van der Waals surface area contributed by atoms with Crippen molar-refractivity contribution >= 4 is 53.1 Å². The van der Waals surface area contributed by atoms with E-state index in [0.29, 0.717) is 24.0 Å². The molecule has 0 spiro atoms. The van der Waals surface area contributed by atoms with Crippen LogP contribution >= 0.6 is 35.6 Å². The van der Waals surface area contributed by atoms with Crippen molar-refractivity contribution < 1.29 is 4.79 Å². The largest absolute Gasteiger partial charge is 0.357 e. The van der Waals surface area contributed by atoms with Crippen LogP contribution in [0.2, 0.25) is 5.02 Å². The summed E-state index contributed by atoms with van der Waals surface area (Å²) in [6.45, 7) is 5.14. The average molecular weight is 477 g/mol. The first-order valence-electron chi connectivity index (χ1n) is 8.35. The first-order chi connectivity index (χ1) is 11.6. The van der Waals surface area contributed by atoms with Crippen LogP contribution in [0.3, 0.4) is 0 Å². The number of nitrogens with zero attached hydrogens (tertiary/aromatic N) is 1.